The summed E-state index contributed by atoms with van der Waals surface area (Å²) < 4.78 is 4.50. The van der Waals surface area contributed by atoms with Gasteiger partial charge in [0.1, 0.15) is 0 Å². The average Bonchev–Trinajstić information content (AvgIpc) is 2.51. The molecule has 110 valence electrons. The third kappa shape index (κ3) is 3.79. The van der Waals surface area contributed by atoms with Crippen LogP contribution < -0.4 is 5.32 Å². The minimum absolute atomic E-state index is 0.137. The van der Waals surface area contributed by atoms with Crippen LogP contribution in [0.2, 0.25) is 0 Å². The van der Waals surface area contributed by atoms with Crippen LogP contribution in [0.5, 0.6) is 0 Å². The Kier molecular flexibility index (Phi) is 4.90. The number of aliphatic hydroxyl groups is 1. The zero-order valence-electron chi connectivity index (χ0n) is 11.7. The number of nitrogens with one attached hydrogen (secondary N) is 1. The standard InChI is InChI=1S/C16H17NO4/c1-21-16(20)14(10-18)17-15(19)9-11-6-7-12-4-2-3-5-13(12)8-11/h2-8,14,18H,9-10H2,1H3,(H,17,19). The molecule has 0 heterocycles. The average molecular weight is 287 g/mol. The third-order valence-electron chi connectivity index (χ3n) is 3.18. The molecule has 0 aliphatic carbocycles. The highest BCUT2D eigenvalue weighted by Gasteiger charge is 2.20. The maximum atomic E-state index is 11.9. The number of aliphatic hydroxyl groups excluding tert-OH is 1. The lowest BCUT2D eigenvalue weighted by atomic mass is 10.0. The molecule has 5 nitrogen and oxygen atoms in total. The summed E-state index contributed by atoms with van der Waals surface area (Å²) in [5.41, 5.74) is 0.841. The topological polar surface area (TPSA) is 75.6 Å². The van der Waals surface area contributed by atoms with Crippen molar-refractivity contribution in [2.75, 3.05) is 13.7 Å². The van der Waals surface area contributed by atoms with Gasteiger partial charge in [-0.05, 0) is 16.3 Å². The molecule has 0 saturated carbocycles. The molecule has 0 aliphatic rings. The highest BCUT2D eigenvalue weighted by molar-refractivity contribution is 5.87. The van der Waals surface area contributed by atoms with E-state index in [1.807, 2.05) is 42.5 Å². The molecule has 21 heavy (non-hydrogen) atoms. The second-order valence-electron chi connectivity index (χ2n) is 4.68. The van der Waals surface area contributed by atoms with Gasteiger partial charge >= 0.3 is 5.97 Å². The first-order chi connectivity index (χ1) is 10.1. The minimum atomic E-state index is -1.03. The van der Waals surface area contributed by atoms with Crippen LogP contribution in [-0.2, 0) is 20.7 Å². The predicted molar refractivity (Wildman–Crippen MR) is 78.7 cm³/mol. The van der Waals surface area contributed by atoms with Gasteiger partial charge in [0.15, 0.2) is 6.04 Å². The van der Waals surface area contributed by atoms with Gasteiger partial charge in [-0.25, -0.2) is 4.79 Å². The molecule has 0 bridgehead atoms. The van der Waals surface area contributed by atoms with Crippen LogP contribution >= 0.6 is 0 Å². The summed E-state index contributed by atoms with van der Waals surface area (Å²) in [6.07, 6.45) is 0.137. The number of carbonyl (C=O) groups is 2. The van der Waals surface area contributed by atoms with Gasteiger partial charge < -0.3 is 15.2 Å². The number of rotatable bonds is 5. The quantitative estimate of drug-likeness (QED) is 0.805. The van der Waals surface area contributed by atoms with Gasteiger partial charge in [-0.1, -0.05) is 42.5 Å². The molecule has 0 spiro atoms. The molecule has 1 unspecified atom stereocenters. The van der Waals surface area contributed by atoms with E-state index in [4.69, 9.17) is 5.11 Å². The van der Waals surface area contributed by atoms with E-state index in [2.05, 4.69) is 10.1 Å². The molecular formula is C16H17NO4. The molecular weight excluding hydrogens is 270 g/mol. The molecule has 2 rings (SSSR count). The first-order valence-corrected chi connectivity index (χ1v) is 6.59. The molecule has 1 atom stereocenters. The van der Waals surface area contributed by atoms with Crippen molar-refractivity contribution in [1.82, 2.24) is 5.32 Å². The molecule has 2 N–H and O–H groups in total. The highest BCUT2D eigenvalue weighted by Crippen LogP contribution is 2.15. The van der Waals surface area contributed by atoms with Crippen LogP contribution in [0.15, 0.2) is 42.5 Å². The Balaban J connectivity index is 2.05. The van der Waals surface area contributed by atoms with Crippen LogP contribution in [0, 0.1) is 0 Å². The van der Waals surface area contributed by atoms with Gasteiger partial charge in [-0.15, -0.1) is 0 Å². The number of ether oxygens (including phenoxy) is 1. The number of hydrogen-bond acceptors (Lipinski definition) is 4. The van der Waals surface area contributed by atoms with E-state index >= 15 is 0 Å². The van der Waals surface area contributed by atoms with Crippen molar-refractivity contribution in [2.45, 2.75) is 12.5 Å². The van der Waals surface area contributed by atoms with E-state index in [1.165, 1.54) is 7.11 Å². The third-order valence-corrected chi connectivity index (χ3v) is 3.18. The lowest BCUT2D eigenvalue weighted by Crippen LogP contribution is -2.44. The SMILES string of the molecule is COC(=O)C(CO)NC(=O)Cc1ccc2ccccc2c1. The molecule has 1 amide bonds. The second-order valence-corrected chi connectivity index (χ2v) is 4.68. The van der Waals surface area contributed by atoms with E-state index in [0.717, 1.165) is 16.3 Å². The second kappa shape index (κ2) is 6.85. The van der Waals surface area contributed by atoms with Crippen molar-refractivity contribution in [3.05, 3.63) is 48.0 Å². The summed E-state index contributed by atoms with van der Waals surface area (Å²) in [6, 6.07) is 12.6. The summed E-state index contributed by atoms with van der Waals surface area (Å²) >= 11 is 0. The number of fused-ring (bicyclic) bond motifs is 1. The fraction of sp³-hybridized carbons (Fsp3) is 0.250. The smallest absolute Gasteiger partial charge is 0.330 e. The monoisotopic (exact) mass is 287 g/mol. The summed E-state index contributed by atoms with van der Waals surface area (Å²) in [7, 11) is 1.21. The molecule has 0 aromatic heterocycles. The van der Waals surface area contributed by atoms with Crippen LogP contribution in [0.1, 0.15) is 5.56 Å². The molecule has 0 radical (unpaired) electrons. The number of hydrogen-bond donors (Lipinski definition) is 2. The fourth-order valence-electron chi connectivity index (χ4n) is 2.10. The van der Waals surface area contributed by atoms with E-state index < -0.39 is 18.6 Å². The number of esters is 1. The number of carbonyl (C=O) groups excluding carboxylic acids is 2. The fourth-order valence-corrected chi connectivity index (χ4v) is 2.10. The van der Waals surface area contributed by atoms with Crippen molar-refractivity contribution in [1.29, 1.82) is 0 Å². The van der Waals surface area contributed by atoms with E-state index in [9.17, 15) is 9.59 Å². The van der Waals surface area contributed by atoms with Crippen LogP contribution in [0.25, 0.3) is 10.8 Å². The molecule has 0 aliphatic heterocycles. The van der Waals surface area contributed by atoms with Gasteiger partial charge in [0, 0.05) is 0 Å². The molecule has 5 heteroatoms. The maximum absolute atomic E-state index is 11.9. The summed E-state index contributed by atoms with van der Waals surface area (Å²) in [6.45, 7) is -0.490. The largest absolute Gasteiger partial charge is 0.467 e. The van der Waals surface area contributed by atoms with Gasteiger partial charge in [-0.2, -0.15) is 0 Å². The zero-order valence-corrected chi connectivity index (χ0v) is 11.7. The minimum Gasteiger partial charge on any atom is -0.467 e. The Labute approximate surface area is 122 Å². The van der Waals surface area contributed by atoms with Gasteiger partial charge in [0.05, 0.1) is 20.1 Å². The van der Waals surface area contributed by atoms with Crippen molar-refractivity contribution in [3.63, 3.8) is 0 Å². The van der Waals surface area contributed by atoms with Crippen molar-refractivity contribution >= 4 is 22.6 Å². The molecule has 0 fully saturated rings. The first kappa shape index (κ1) is 15.0. The van der Waals surface area contributed by atoms with Crippen LogP contribution in [-0.4, -0.2) is 36.7 Å². The van der Waals surface area contributed by atoms with Gasteiger partial charge in [0.2, 0.25) is 5.91 Å². The highest BCUT2D eigenvalue weighted by atomic mass is 16.5. The zero-order chi connectivity index (χ0) is 15.2. The Bertz CT molecular complexity index is 654. The Morgan fingerprint density at radius 1 is 1.19 bits per heavy atom. The van der Waals surface area contributed by atoms with E-state index in [0.29, 0.717) is 0 Å². The van der Waals surface area contributed by atoms with Crippen LogP contribution in [0.4, 0.5) is 0 Å². The summed E-state index contributed by atoms with van der Waals surface area (Å²) in [5, 5.41) is 13.7. The Morgan fingerprint density at radius 2 is 1.90 bits per heavy atom. The normalized spacial score (nSPS) is 11.9. The van der Waals surface area contributed by atoms with Crippen LogP contribution in [0.3, 0.4) is 0 Å². The Morgan fingerprint density at radius 3 is 2.57 bits per heavy atom. The summed E-state index contributed by atoms with van der Waals surface area (Å²) in [5.74, 6) is -1.00. The molecule has 2 aromatic rings. The first-order valence-electron chi connectivity index (χ1n) is 6.59. The lowest BCUT2D eigenvalue weighted by molar-refractivity contribution is -0.146. The molecule has 0 saturated heterocycles. The number of methoxy groups -OCH3 is 1. The number of amides is 1. The summed E-state index contributed by atoms with van der Waals surface area (Å²) in [4.78, 5) is 23.2. The maximum Gasteiger partial charge on any atom is 0.330 e. The lowest BCUT2D eigenvalue weighted by Gasteiger charge is -2.13. The van der Waals surface area contributed by atoms with E-state index in [-0.39, 0.29) is 12.3 Å². The van der Waals surface area contributed by atoms with Gasteiger partial charge in [-0.3, -0.25) is 4.79 Å². The van der Waals surface area contributed by atoms with Crippen molar-refractivity contribution < 1.29 is 19.4 Å². The van der Waals surface area contributed by atoms with E-state index in [1.54, 1.807) is 0 Å². The predicted octanol–water partition coefficient (Wildman–Crippen LogP) is 1.03. The van der Waals surface area contributed by atoms with Gasteiger partial charge in [0.25, 0.3) is 0 Å². The van der Waals surface area contributed by atoms with Crippen molar-refractivity contribution in [2.24, 2.45) is 0 Å². The number of benzene rings is 2. The Hall–Kier alpha value is -2.40. The van der Waals surface area contributed by atoms with Crippen molar-refractivity contribution in [3.8, 4) is 0 Å². The molecule has 2 aromatic carbocycles.